The maximum atomic E-state index is 2.42. The number of fused-ring (bicyclic) bond motifs is 13. The van der Waals surface area contributed by atoms with Crippen LogP contribution in [0, 0.1) is 0 Å². The Labute approximate surface area is 874 Å². The minimum atomic E-state index is 1.23. The van der Waals surface area contributed by atoms with Crippen molar-refractivity contribution in [1.29, 1.82) is 0 Å². The molecule has 0 heteroatoms. The van der Waals surface area contributed by atoms with Gasteiger partial charge >= 0.3 is 0 Å². The number of benzene rings is 29. The quantitative estimate of drug-likeness (QED) is 0.0797. The molecule has 29 aromatic rings. The Kier molecular flexibility index (Phi) is 24.3. The van der Waals surface area contributed by atoms with Crippen LogP contribution in [-0.2, 0) is 0 Å². The molecule has 0 unspecified atom stereocenters. The molecule has 29 aromatic carbocycles. The van der Waals surface area contributed by atoms with E-state index >= 15 is 0 Å². The van der Waals surface area contributed by atoms with Crippen molar-refractivity contribution >= 4 is 129 Å². The topological polar surface area (TPSA) is 0 Å². The highest BCUT2D eigenvalue weighted by molar-refractivity contribution is 6.28. The van der Waals surface area contributed by atoms with Gasteiger partial charge in [-0.05, 0) is 310 Å². The molecule has 0 aliphatic heterocycles. The van der Waals surface area contributed by atoms with Crippen LogP contribution in [0.15, 0.2) is 607 Å². The molecule has 0 heterocycles. The van der Waals surface area contributed by atoms with Crippen LogP contribution in [0.2, 0.25) is 0 Å². The molecule has 150 heavy (non-hydrogen) atoms. The molecular weight excluding hydrogens is 1800 g/mol. The zero-order valence-electron chi connectivity index (χ0n) is 82.7. The van der Waals surface area contributed by atoms with Gasteiger partial charge in [0.15, 0.2) is 0 Å². The van der Waals surface area contributed by atoms with Crippen molar-refractivity contribution < 1.29 is 0 Å². The van der Waals surface area contributed by atoms with Gasteiger partial charge in [-0.15, -0.1) is 0 Å². The zero-order chi connectivity index (χ0) is 99.6. The highest BCUT2D eigenvalue weighted by atomic mass is 14.3. The van der Waals surface area contributed by atoms with E-state index in [1.165, 1.54) is 274 Å². The van der Waals surface area contributed by atoms with Crippen molar-refractivity contribution in [2.24, 2.45) is 0 Å². The van der Waals surface area contributed by atoms with Crippen LogP contribution in [-0.4, -0.2) is 0 Å². The number of rotatable bonds is 13. The van der Waals surface area contributed by atoms with Crippen LogP contribution in [0.4, 0.5) is 0 Å². The lowest BCUT2D eigenvalue weighted by Crippen LogP contribution is -1.92. The maximum absolute atomic E-state index is 2.42. The lowest BCUT2D eigenvalue weighted by atomic mass is 9.84. The molecule has 0 aliphatic carbocycles. The second-order valence-electron chi connectivity index (χ2n) is 38.8. The fraction of sp³-hybridized carbons (Fsp3) is 0. The van der Waals surface area contributed by atoms with Crippen LogP contribution in [0.1, 0.15) is 0 Å². The first-order valence-corrected chi connectivity index (χ1v) is 51.9. The lowest BCUT2D eigenvalue weighted by Gasteiger charge is -2.19. The highest BCUT2D eigenvalue weighted by Gasteiger charge is 2.25. The molecule has 0 bridgehead atoms. The lowest BCUT2D eigenvalue weighted by molar-refractivity contribution is 1.63. The summed E-state index contributed by atoms with van der Waals surface area (Å²) < 4.78 is 0. The first-order chi connectivity index (χ1) is 74.5. The average molecular weight is 1900 g/mol. The summed E-state index contributed by atoms with van der Waals surface area (Å²) in [4.78, 5) is 0. The van der Waals surface area contributed by atoms with Crippen molar-refractivity contribution in [3.63, 3.8) is 0 Å². The monoisotopic (exact) mass is 1900 g/mol. The van der Waals surface area contributed by atoms with Crippen LogP contribution in [0.5, 0.6) is 0 Å². The predicted molar refractivity (Wildman–Crippen MR) is 647 cm³/mol. The van der Waals surface area contributed by atoms with Crippen LogP contribution in [0.25, 0.3) is 274 Å². The highest BCUT2D eigenvalue weighted by Crippen LogP contribution is 2.53. The van der Waals surface area contributed by atoms with Gasteiger partial charge < -0.3 is 0 Å². The summed E-state index contributed by atoms with van der Waals surface area (Å²) in [6, 6.07) is 220. The molecule has 0 atom stereocenters. The molecule has 0 radical (unpaired) electrons. The normalized spacial score (nSPS) is 11.3. The van der Waals surface area contributed by atoms with E-state index in [9.17, 15) is 0 Å². The van der Waals surface area contributed by atoms with Gasteiger partial charge in [-0.25, -0.2) is 0 Å². The molecule has 0 saturated heterocycles. The molecular formula is C150H100. The van der Waals surface area contributed by atoms with Crippen molar-refractivity contribution in [1.82, 2.24) is 0 Å². The van der Waals surface area contributed by atoms with E-state index in [-0.39, 0.29) is 0 Å². The van der Waals surface area contributed by atoms with Gasteiger partial charge in [0.1, 0.15) is 0 Å². The summed E-state index contributed by atoms with van der Waals surface area (Å²) in [6.07, 6.45) is 0. The third-order valence-electron chi connectivity index (χ3n) is 30.2. The van der Waals surface area contributed by atoms with E-state index in [0.29, 0.717) is 0 Å². The standard InChI is InChI=1S/C42H28.C40H26.C36H24.C32H22/c1-4-13-29(14-5-1)33-24-23-30-19-12-22-35(39(30)27-33)34-25-26-38-40(28-34)42(32-17-8-3-9-18-32)37-21-11-10-20-36(37)41(38)31-15-6-2-7-16-31;1-3-13-27(14-4-1)39-34-21-11-12-22-35(34)40(28-15-5-2-6-16-28)38-26-30(23-24-36(38)39)37-25-29-17-7-8-18-31(29)32-19-9-10-20-33(32)37;1-3-13-26(14-4-1)35-31-19-9-10-20-32(31)36(27-15-5-2-6-16-27)34-24-28(22-23-33(34)35)30-21-11-17-25-12-7-8-18-29(25)30;1-4-12-23(13-5-1)26-20-21-29-30(22-26)32(25-16-8-3-9-17-25)28-19-11-10-18-27(28)31(29)24-14-6-2-7-15-24/h1-28H;1-26H;1-24H;1-22H. The fourth-order valence-corrected chi connectivity index (χ4v) is 23.5. The summed E-state index contributed by atoms with van der Waals surface area (Å²) in [7, 11) is 0. The van der Waals surface area contributed by atoms with Crippen molar-refractivity contribution in [3.05, 3.63) is 607 Å². The summed E-state index contributed by atoms with van der Waals surface area (Å²) in [6.45, 7) is 0. The van der Waals surface area contributed by atoms with Gasteiger partial charge in [0.25, 0.3) is 0 Å². The van der Waals surface area contributed by atoms with Gasteiger partial charge in [-0.1, -0.05) is 570 Å². The van der Waals surface area contributed by atoms with E-state index in [0.717, 1.165) is 0 Å². The fourth-order valence-electron chi connectivity index (χ4n) is 23.5. The largest absolute Gasteiger partial charge is 0.0622 e. The van der Waals surface area contributed by atoms with E-state index < -0.39 is 0 Å². The Bertz CT molecular complexity index is 10100. The maximum Gasteiger partial charge on any atom is -0.00262 e. The van der Waals surface area contributed by atoms with Crippen LogP contribution in [0.3, 0.4) is 0 Å². The summed E-state index contributed by atoms with van der Waals surface area (Å²) in [5.41, 5.74) is 32.7. The Morgan fingerprint density at radius 1 is 0.0667 bits per heavy atom. The van der Waals surface area contributed by atoms with Gasteiger partial charge in [-0.3, -0.25) is 0 Å². The van der Waals surface area contributed by atoms with E-state index in [2.05, 4.69) is 607 Å². The molecule has 0 spiro atoms. The molecule has 0 aromatic heterocycles. The smallest absolute Gasteiger partial charge is 0.00262 e. The van der Waals surface area contributed by atoms with Gasteiger partial charge in [0, 0.05) is 0 Å². The molecule has 0 nitrogen and oxygen atoms in total. The molecule has 700 valence electrons. The van der Waals surface area contributed by atoms with Crippen molar-refractivity contribution in [3.8, 4) is 145 Å². The minimum absolute atomic E-state index is 1.23. The molecule has 0 N–H and O–H groups in total. The Hall–Kier alpha value is -19.5. The Morgan fingerprint density at radius 2 is 0.253 bits per heavy atom. The Balaban J connectivity index is 0.000000101. The number of hydrogen-bond acceptors (Lipinski definition) is 0. The summed E-state index contributed by atoms with van der Waals surface area (Å²) in [5.74, 6) is 0. The van der Waals surface area contributed by atoms with Gasteiger partial charge in [0.05, 0.1) is 0 Å². The first kappa shape index (κ1) is 90.5. The van der Waals surface area contributed by atoms with Crippen molar-refractivity contribution in [2.75, 3.05) is 0 Å². The summed E-state index contributed by atoms with van der Waals surface area (Å²) in [5, 5.41) is 30.7. The molecule has 29 rings (SSSR count). The van der Waals surface area contributed by atoms with Crippen LogP contribution < -0.4 is 0 Å². The number of hydrogen-bond donors (Lipinski definition) is 0. The van der Waals surface area contributed by atoms with E-state index in [4.69, 9.17) is 0 Å². The van der Waals surface area contributed by atoms with Crippen molar-refractivity contribution in [2.45, 2.75) is 0 Å². The van der Waals surface area contributed by atoms with E-state index in [1.54, 1.807) is 0 Å². The molecule has 0 fully saturated rings. The first-order valence-electron chi connectivity index (χ1n) is 51.9. The second kappa shape index (κ2) is 40.2. The second-order valence-corrected chi connectivity index (χ2v) is 38.8. The third-order valence-corrected chi connectivity index (χ3v) is 30.2. The predicted octanol–water partition coefficient (Wildman–Crippen LogP) is 42.3. The van der Waals surface area contributed by atoms with Crippen LogP contribution >= 0.6 is 0 Å². The van der Waals surface area contributed by atoms with E-state index in [1.807, 2.05) is 0 Å². The summed E-state index contributed by atoms with van der Waals surface area (Å²) >= 11 is 0. The molecule has 0 aliphatic rings. The zero-order valence-corrected chi connectivity index (χ0v) is 82.7. The SMILES string of the molecule is c1ccc(-c2c3ccccc3c(-c3ccccc3)c3cc(-c4cc5ccccc5c5ccccc45)ccc23)cc1.c1ccc(-c2c3ccccc3c(-c3ccccc3)c3cc(-c4cccc5ccccc45)ccc23)cc1.c1ccc(-c2ccc3c(-c4ccccc4)c4ccccc4c(-c4ccccc4)c3c2)cc1.c1ccc(-c2ccc3cccc(-c4ccc5c(-c6ccccc6)c6ccccc6c(-c6ccccc6)c5c4)c3c2)cc1. The Morgan fingerprint density at radius 3 is 0.560 bits per heavy atom. The average Bonchev–Trinajstić information content (AvgIpc) is 0.736. The minimum Gasteiger partial charge on any atom is -0.0622 e. The van der Waals surface area contributed by atoms with Gasteiger partial charge in [-0.2, -0.15) is 0 Å². The third kappa shape index (κ3) is 17.0. The van der Waals surface area contributed by atoms with Gasteiger partial charge in [0.2, 0.25) is 0 Å². The molecule has 0 saturated carbocycles. The molecule has 0 amide bonds.